The third-order valence-electron chi connectivity index (χ3n) is 3.87. The average Bonchev–Trinajstić information content (AvgIpc) is 3.01. The molecule has 1 N–H and O–H groups in total. The summed E-state index contributed by atoms with van der Waals surface area (Å²) in [7, 11) is 0. The fraction of sp³-hybridized carbons (Fsp3) is 0.357. The smallest absolute Gasteiger partial charge is 0.153 e. The number of rotatable bonds is 1. The van der Waals surface area contributed by atoms with Crippen LogP contribution in [0.1, 0.15) is 18.6 Å². The molecule has 86 valence electrons. The Hall–Kier alpha value is -1.61. The molecular formula is C14H14N2O. The van der Waals surface area contributed by atoms with Gasteiger partial charge < -0.3 is 9.73 Å². The Morgan fingerprint density at radius 3 is 3.29 bits per heavy atom. The van der Waals surface area contributed by atoms with E-state index in [-0.39, 0.29) is 0 Å². The molecule has 0 saturated carbocycles. The highest BCUT2D eigenvalue weighted by Crippen LogP contribution is 2.38. The maximum absolute atomic E-state index is 5.86. The second-order valence-corrected chi connectivity index (χ2v) is 4.92. The molecule has 0 radical (unpaired) electrons. The van der Waals surface area contributed by atoms with E-state index in [4.69, 9.17) is 4.42 Å². The van der Waals surface area contributed by atoms with E-state index in [0.29, 0.717) is 6.04 Å². The Bertz CT molecular complexity index is 566. The normalized spacial score (nSPS) is 27.4. The SMILES string of the molecule is C1=C(c2cc3ncccc3o2)C[C@@H]2CCN[C@H]12. The molecule has 3 heteroatoms. The van der Waals surface area contributed by atoms with Crippen molar-refractivity contribution in [2.24, 2.45) is 5.92 Å². The first-order valence-corrected chi connectivity index (χ1v) is 6.19. The van der Waals surface area contributed by atoms with Crippen LogP contribution in [0.15, 0.2) is 34.9 Å². The maximum Gasteiger partial charge on any atom is 0.153 e. The molecule has 0 aromatic carbocycles. The summed E-state index contributed by atoms with van der Waals surface area (Å²) < 4.78 is 5.86. The first-order chi connectivity index (χ1) is 8.40. The summed E-state index contributed by atoms with van der Waals surface area (Å²) in [6.45, 7) is 1.15. The Labute approximate surface area is 99.5 Å². The van der Waals surface area contributed by atoms with E-state index in [1.54, 1.807) is 6.20 Å². The van der Waals surface area contributed by atoms with Crippen LogP contribution in [-0.2, 0) is 0 Å². The lowest BCUT2D eigenvalue weighted by Crippen LogP contribution is -2.20. The van der Waals surface area contributed by atoms with Crippen molar-refractivity contribution in [1.29, 1.82) is 0 Å². The van der Waals surface area contributed by atoms with Gasteiger partial charge in [-0.3, -0.25) is 4.98 Å². The van der Waals surface area contributed by atoms with Crippen LogP contribution in [0.4, 0.5) is 0 Å². The predicted molar refractivity (Wildman–Crippen MR) is 66.5 cm³/mol. The van der Waals surface area contributed by atoms with Gasteiger partial charge in [-0.05, 0) is 43.0 Å². The molecule has 2 aliphatic rings. The Balaban J connectivity index is 1.75. The standard InChI is InChI=1S/C14H14N2O/c1-2-13-12(15-4-1)8-14(17-13)10-6-9-3-5-16-11(9)7-10/h1-2,4,7-9,11,16H,3,5-6H2/t9-,11+/m0/s1. The minimum absolute atomic E-state index is 0.561. The van der Waals surface area contributed by atoms with E-state index < -0.39 is 0 Å². The number of aromatic nitrogens is 1. The van der Waals surface area contributed by atoms with Gasteiger partial charge in [-0.25, -0.2) is 0 Å². The lowest BCUT2D eigenvalue weighted by atomic mass is 10.0. The third kappa shape index (κ3) is 1.42. The number of allylic oxidation sites excluding steroid dienone is 1. The number of nitrogens with one attached hydrogen (secondary N) is 1. The molecule has 1 fully saturated rings. The predicted octanol–water partition coefficient (Wildman–Crippen LogP) is 2.59. The van der Waals surface area contributed by atoms with Crippen molar-refractivity contribution in [3.05, 3.63) is 36.2 Å². The van der Waals surface area contributed by atoms with Gasteiger partial charge in [0.25, 0.3) is 0 Å². The van der Waals surface area contributed by atoms with Crippen molar-refractivity contribution in [1.82, 2.24) is 10.3 Å². The first kappa shape index (κ1) is 9.42. The summed E-state index contributed by atoms with van der Waals surface area (Å²) >= 11 is 0. The summed E-state index contributed by atoms with van der Waals surface area (Å²) in [5, 5.41) is 3.52. The molecule has 1 aliphatic carbocycles. The van der Waals surface area contributed by atoms with E-state index in [1.165, 1.54) is 12.0 Å². The zero-order valence-corrected chi connectivity index (χ0v) is 9.52. The second kappa shape index (κ2) is 3.44. The zero-order chi connectivity index (χ0) is 11.2. The van der Waals surface area contributed by atoms with Crippen molar-refractivity contribution in [3.63, 3.8) is 0 Å². The Morgan fingerprint density at radius 1 is 1.41 bits per heavy atom. The summed E-state index contributed by atoms with van der Waals surface area (Å²) in [6.07, 6.45) is 6.55. The quantitative estimate of drug-likeness (QED) is 0.812. The molecule has 1 saturated heterocycles. The van der Waals surface area contributed by atoms with E-state index in [9.17, 15) is 0 Å². The van der Waals surface area contributed by atoms with E-state index in [0.717, 1.165) is 35.7 Å². The van der Waals surface area contributed by atoms with Crippen molar-refractivity contribution in [2.45, 2.75) is 18.9 Å². The van der Waals surface area contributed by atoms with Crippen LogP contribution in [0.3, 0.4) is 0 Å². The molecule has 1 aliphatic heterocycles. The van der Waals surface area contributed by atoms with Gasteiger partial charge in [0.15, 0.2) is 5.58 Å². The van der Waals surface area contributed by atoms with E-state index >= 15 is 0 Å². The molecule has 0 bridgehead atoms. The second-order valence-electron chi connectivity index (χ2n) is 4.92. The van der Waals surface area contributed by atoms with E-state index in [2.05, 4.69) is 22.4 Å². The van der Waals surface area contributed by atoms with Crippen molar-refractivity contribution in [2.75, 3.05) is 6.54 Å². The molecule has 3 nitrogen and oxygen atoms in total. The van der Waals surface area contributed by atoms with Gasteiger partial charge in [-0.2, -0.15) is 0 Å². The summed E-state index contributed by atoms with van der Waals surface area (Å²) in [6, 6.07) is 6.50. The minimum atomic E-state index is 0.561. The minimum Gasteiger partial charge on any atom is -0.455 e. The molecule has 0 amide bonds. The molecule has 4 rings (SSSR count). The van der Waals surface area contributed by atoms with Crippen LogP contribution in [0, 0.1) is 5.92 Å². The van der Waals surface area contributed by atoms with Crippen molar-refractivity contribution >= 4 is 16.7 Å². The fourth-order valence-electron chi connectivity index (χ4n) is 2.98. The molecule has 2 atom stereocenters. The van der Waals surface area contributed by atoms with Gasteiger partial charge in [-0.15, -0.1) is 0 Å². The number of fused-ring (bicyclic) bond motifs is 2. The molecule has 17 heavy (non-hydrogen) atoms. The lowest BCUT2D eigenvalue weighted by Gasteiger charge is -2.05. The topological polar surface area (TPSA) is 38.1 Å². The number of hydrogen-bond donors (Lipinski definition) is 1. The summed E-state index contributed by atoms with van der Waals surface area (Å²) in [5.41, 5.74) is 3.17. The third-order valence-corrected chi connectivity index (χ3v) is 3.87. The largest absolute Gasteiger partial charge is 0.455 e. The molecule has 2 aromatic heterocycles. The lowest BCUT2D eigenvalue weighted by molar-refractivity contribution is 0.545. The zero-order valence-electron chi connectivity index (χ0n) is 9.52. The van der Waals surface area contributed by atoms with Crippen molar-refractivity contribution in [3.8, 4) is 0 Å². The Morgan fingerprint density at radius 2 is 2.41 bits per heavy atom. The maximum atomic E-state index is 5.86. The average molecular weight is 226 g/mol. The van der Waals surface area contributed by atoms with Crippen LogP contribution in [0.2, 0.25) is 0 Å². The monoisotopic (exact) mass is 226 g/mol. The van der Waals surface area contributed by atoms with Crippen LogP contribution in [0.25, 0.3) is 16.7 Å². The highest BCUT2D eigenvalue weighted by atomic mass is 16.3. The highest BCUT2D eigenvalue weighted by Gasteiger charge is 2.32. The van der Waals surface area contributed by atoms with Gasteiger partial charge in [0.2, 0.25) is 0 Å². The van der Waals surface area contributed by atoms with Gasteiger partial charge in [0.05, 0.1) is 0 Å². The number of furan rings is 1. The molecule has 3 heterocycles. The van der Waals surface area contributed by atoms with E-state index in [1.807, 2.05) is 12.1 Å². The van der Waals surface area contributed by atoms with Crippen molar-refractivity contribution < 1.29 is 4.42 Å². The number of hydrogen-bond acceptors (Lipinski definition) is 3. The fourth-order valence-corrected chi connectivity index (χ4v) is 2.98. The van der Waals surface area contributed by atoms with Crippen LogP contribution in [-0.4, -0.2) is 17.6 Å². The Kier molecular flexibility index (Phi) is 1.91. The van der Waals surface area contributed by atoms with Crippen LogP contribution in [0.5, 0.6) is 0 Å². The summed E-state index contributed by atoms with van der Waals surface area (Å²) in [5.74, 6) is 1.76. The summed E-state index contributed by atoms with van der Waals surface area (Å²) in [4.78, 5) is 4.31. The molecule has 0 spiro atoms. The number of pyridine rings is 1. The molecule has 0 unspecified atom stereocenters. The van der Waals surface area contributed by atoms with Gasteiger partial charge >= 0.3 is 0 Å². The first-order valence-electron chi connectivity index (χ1n) is 6.19. The molecule has 2 aromatic rings. The van der Waals surface area contributed by atoms with Gasteiger partial charge in [0, 0.05) is 18.3 Å². The van der Waals surface area contributed by atoms with Gasteiger partial charge in [-0.1, -0.05) is 6.08 Å². The van der Waals surface area contributed by atoms with Gasteiger partial charge in [0.1, 0.15) is 11.3 Å². The van der Waals surface area contributed by atoms with Crippen LogP contribution >= 0.6 is 0 Å². The van der Waals surface area contributed by atoms with Crippen LogP contribution < -0.4 is 5.32 Å². The molecular weight excluding hydrogens is 212 g/mol. The number of nitrogens with zero attached hydrogens (tertiary/aromatic N) is 1. The highest BCUT2D eigenvalue weighted by molar-refractivity contribution is 5.79.